The number of carbonyl (C=O) groups excluding carboxylic acids is 4. The predicted octanol–water partition coefficient (Wildman–Crippen LogP) is 2.11. The molecule has 0 spiro atoms. The van der Waals surface area contributed by atoms with E-state index in [1.807, 2.05) is 6.07 Å². The number of alkyl halides is 6. The van der Waals surface area contributed by atoms with Crippen LogP contribution in [-0.4, -0.2) is 53.5 Å². The van der Waals surface area contributed by atoms with E-state index < -0.39 is 41.8 Å². The van der Waals surface area contributed by atoms with Gasteiger partial charge in [0.05, 0.1) is 12.2 Å². The third kappa shape index (κ3) is 13.6. The largest absolute Gasteiger partial charge is 0.542 e. The monoisotopic (exact) mass is 567 g/mol. The van der Waals surface area contributed by atoms with Gasteiger partial charge >= 0.3 is 12.4 Å². The quantitative estimate of drug-likeness (QED) is 0.316. The van der Waals surface area contributed by atoms with Crippen LogP contribution in [0.15, 0.2) is 54.9 Å². The summed E-state index contributed by atoms with van der Waals surface area (Å²) in [6, 6.07) is 11.5. The Labute approximate surface area is 217 Å². The zero-order valence-electron chi connectivity index (χ0n) is 19.5. The molecule has 1 aromatic heterocycles. The first-order chi connectivity index (χ1) is 17.7. The molecule has 0 saturated heterocycles. The molecular weight excluding hydrogens is 544 g/mol. The van der Waals surface area contributed by atoms with Crippen molar-refractivity contribution >= 4 is 41.0 Å². The number of amides is 2. The van der Waals surface area contributed by atoms with Crippen LogP contribution in [0.25, 0.3) is 0 Å². The van der Waals surface area contributed by atoms with E-state index in [4.69, 9.17) is 9.90 Å². The molecule has 0 bridgehead atoms. The number of hydrogen-bond acceptors (Lipinski definition) is 6. The highest BCUT2D eigenvalue weighted by molar-refractivity contribution is 7.99. The van der Waals surface area contributed by atoms with Gasteiger partial charge < -0.3 is 20.5 Å². The highest BCUT2D eigenvalue weighted by atomic mass is 32.2. The number of aromatic amines is 1. The van der Waals surface area contributed by atoms with E-state index >= 15 is 0 Å². The van der Waals surface area contributed by atoms with Crippen LogP contribution >= 0.6 is 11.8 Å². The summed E-state index contributed by atoms with van der Waals surface area (Å²) in [4.78, 5) is 47.6. The first-order valence-electron chi connectivity index (χ1n) is 10.8. The van der Waals surface area contributed by atoms with Crippen LogP contribution in [0.5, 0.6) is 0 Å². The molecule has 2 aromatic rings. The fourth-order valence-corrected chi connectivity index (χ4v) is 3.50. The van der Waals surface area contributed by atoms with Crippen molar-refractivity contribution in [1.29, 1.82) is 0 Å². The fourth-order valence-electron chi connectivity index (χ4n) is 2.63. The number of thioether (sulfide) groups is 1. The van der Waals surface area contributed by atoms with Gasteiger partial charge in [-0.1, -0.05) is 30.3 Å². The minimum Gasteiger partial charge on any atom is -0.542 e. The summed E-state index contributed by atoms with van der Waals surface area (Å²) >= 11 is 0.848. The first kappa shape index (κ1) is 32.4. The fraction of sp³-hybridized carbons (Fsp3) is 0.348. The van der Waals surface area contributed by atoms with Crippen LogP contribution in [0.3, 0.4) is 0 Å². The summed E-state index contributed by atoms with van der Waals surface area (Å²) in [5, 5.41) is 14.2. The van der Waals surface area contributed by atoms with E-state index in [9.17, 15) is 40.7 Å². The van der Waals surface area contributed by atoms with Crippen LogP contribution in [0.1, 0.15) is 18.4 Å². The molecule has 8 nitrogen and oxygen atoms in total. The standard InChI is InChI=1S/C21H22F3N3O3S.C2HF3O2/c22-21(23,24)18(28)14-31-11-5-9-17(20(30)26-16-8-4-10-25-13-16)27-19(29)12-15-6-2-1-3-7-15;3-2(4,5)1(6)7/h1-4,6-8,10,13,17H,5,9,11-12,14H2,(H,26,30)(H,27,29);(H,6,7)/t17-;/m0./s1. The van der Waals surface area contributed by atoms with E-state index in [2.05, 4.69) is 15.6 Å². The van der Waals surface area contributed by atoms with Crippen molar-refractivity contribution in [2.45, 2.75) is 37.7 Å². The van der Waals surface area contributed by atoms with Gasteiger partial charge in [-0.2, -0.15) is 38.1 Å². The second-order valence-corrected chi connectivity index (χ2v) is 8.57. The van der Waals surface area contributed by atoms with Gasteiger partial charge in [0.25, 0.3) is 0 Å². The SMILES string of the molecule is O=C(Cc1ccccc1)N[C@@H](CCCSCC(=O)C(F)(F)F)C(=O)Nc1ccc[nH+]c1.O=C([O-])C(F)(F)F. The number of carboxylic acids is 1. The van der Waals surface area contributed by atoms with Gasteiger partial charge in [-0.05, 0) is 30.2 Å². The number of aromatic nitrogens is 1. The minimum absolute atomic E-state index is 0.0958. The van der Waals surface area contributed by atoms with Gasteiger partial charge in [0.1, 0.15) is 17.7 Å². The van der Waals surface area contributed by atoms with Crippen molar-refractivity contribution in [1.82, 2.24) is 5.32 Å². The van der Waals surface area contributed by atoms with Gasteiger partial charge in [-0.15, -0.1) is 0 Å². The molecule has 208 valence electrons. The first-order valence-corrected chi connectivity index (χ1v) is 11.9. The normalized spacial score (nSPS) is 11.9. The molecule has 0 fully saturated rings. The number of anilines is 1. The number of carboxylic acid groups (broad SMARTS) is 1. The summed E-state index contributed by atoms with van der Waals surface area (Å²) in [7, 11) is 0. The molecule has 0 aliphatic rings. The zero-order chi connectivity index (χ0) is 28.8. The number of carbonyl (C=O) groups is 4. The summed E-state index contributed by atoms with van der Waals surface area (Å²) in [6.45, 7) is 0. The number of aliphatic carboxylic acids is 1. The lowest BCUT2D eigenvalue weighted by Gasteiger charge is -2.18. The van der Waals surface area contributed by atoms with Crippen LogP contribution in [0.4, 0.5) is 32.0 Å². The molecule has 2 rings (SSSR count). The number of pyridine rings is 1. The number of H-pyrrole nitrogens is 1. The Morgan fingerprint density at radius 2 is 1.58 bits per heavy atom. The number of nitrogens with one attached hydrogen (secondary N) is 3. The van der Waals surface area contributed by atoms with E-state index in [1.165, 1.54) is 0 Å². The van der Waals surface area contributed by atoms with Crippen molar-refractivity contribution in [2.75, 3.05) is 16.8 Å². The van der Waals surface area contributed by atoms with E-state index in [0.717, 1.165) is 17.3 Å². The van der Waals surface area contributed by atoms with Crippen molar-refractivity contribution in [3.63, 3.8) is 0 Å². The Morgan fingerprint density at radius 1 is 0.947 bits per heavy atom. The second kappa shape index (κ2) is 15.6. The molecule has 1 atom stereocenters. The number of hydrogen-bond donors (Lipinski definition) is 2. The molecular formula is C23H23F6N3O5S. The predicted molar refractivity (Wildman–Crippen MR) is 122 cm³/mol. The zero-order valence-corrected chi connectivity index (χ0v) is 20.3. The maximum absolute atomic E-state index is 12.7. The van der Waals surface area contributed by atoms with Crippen LogP contribution in [0.2, 0.25) is 0 Å². The van der Waals surface area contributed by atoms with Gasteiger partial charge in [0.2, 0.25) is 17.6 Å². The van der Waals surface area contributed by atoms with Crippen molar-refractivity contribution in [2.24, 2.45) is 0 Å². The smallest absolute Gasteiger partial charge is 0.450 e. The molecule has 0 saturated carbocycles. The lowest BCUT2D eigenvalue weighted by atomic mass is 10.1. The van der Waals surface area contributed by atoms with Crippen LogP contribution < -0.4 is 20.7 Å². The maximum atomic E-state index is 12.7. The molecule has 0 radical (unpaired) electrons. The molecule has 2 amide bonds. The topological polar surface area (TPSA) is 130 Å². The van der Waals surface area contributed by atoms with Gasteiger partial charge in [0, 0.05) is 6.07 Å². The summed E-state index contributed by atoms with van der Waals surface area (Å²) < 4.78 is 68.3. The van der Waals surface area contributed by atoms with Gasteiger partial charge in [-0.3, -0.25) is 14.4 Å². The molecule has 0 aliphatic carbocycles. The molecule has 15 heteroatoms. The van der Waals surface area contributed by atoms with Crippen LogP contribution in [0, 0.1) is 0 Å². The minimum atomic E-state index is -5.19. The van der Waals surface area contributed by atoms with Gasteiger partial charge in [-0.25, -0.2) is 4.98 Å². The van der Waals surface area contributed by atoms with E-state index in [-0.39, 0.29) is 24.5 Å². The maximum Gasteiger partial charge on any atom is 0.450 e. The Kier molecular flexibility index (Phi) is 13.3. The molecule has 0 aliphatic heterocycles. The van der Waals surface area contributed by atoms with Crippen molar-refractivity contribution in [3.8, 4) is 0 Å². The van der Waals surface area contributed by atoms with Crippen LogP contribution in [-0.2, 0) is 25.6 Å². The third-order valence-corrected chi connectivity index (χ3v) is 5.44. The van der Waals surface area contributed by atoms with Crippen molar-refractivity contribution in [3.05, 3.63) is 60.4 Å². The number of halogens is 6. The Hall–Kier alpha value is -3.62. The average Bonchev–Trinajstić information content (AvgIpc) is 2.83. The highest BCUT2D eigenvalue weighted by Gasteiger charge is 2.37. The average molecular weight is 568 g/mol. The highest BCUT2D eigenvalue weighted by Crippen LogP contribution is 2.19. The number of ketones is 1. The Bertz CT molecular complexity index is 1050. The van der Waals surface area contributed by atoms with Crippen molar-refractivity contribution < 1.29 is 55.6 Å². The molecule has 3 N–H and O–H groups in total. The summed E-state index contributed by atoms with van der Waals surface area (Å²) in [6.07, 6.45) is -6.11. The number of rotatable bonds is 11. The van der Waals surface area contributed by atoms with E-state index in [1.54, 1.807) is 48.8 Å². The Balaban J connectivity index is 0.000000905. The summed E-state index contributed by atoms with van der Waals surface area (Å²) in [5.74, 6) is -5.99. The molecule has 1 heterocycles. The third-order valence-electron chi connectivity index (χ3n) is 4.40. The lowest BCUT2D eigenvalue weighted by Crippen LogP contribution is -2.44. The Morgan fingerprint density at radius 3 is 2.11 bits per heavy atom. The molecule has 0 unspecified atom stereocenters. The number of Topliss-reactive ketones (excluding diaryl/α,β-unsaturated/α-hetero) is 1. The van der Waals surface area contributed by atoms with E-state index in [0.29, 0.717) is 12.1 Å². The molecule has 1 aromatic carbocycles. The lowest BCUT2D eigenvalue weighted by molar-refractivity contribution is -0.377. The summed E-state index contributed by atoms with van der Waals surface area (Å²) in [5.41, 5.74) is 1.30. The second-order valence-electron chi connectivity index (χ2n) is 7.46. The number of benzene rings is 1. The molecule has 38 heavy (non-hydrogen) atoms. The van der Waals surface area contributed by atoms with Gasteiger partial charge in [0.15, 0.2) is 12.4 Å².